The Kier molecular flexibility index (Phi) is 4.29. The van der Waals surface area contributed by atoms with E-state index in [1.54, 1.807) is 0 Å². The van der Waals surface area contributed by atoms with Gasteiger partial charge in [-0.1, -0.05) is 31.2 Å². The van der Waals surface area contributed by atoms with E-state index in [0.29, 0.717) is 0 Å². The Morgan fingerprint density at radius 3 is 2.30 bits per heavy atom. The maximum absolute atomic E-state index is 4.80. The van der Waals surface area contributed by atoms with Crippen molar-refractivity contribution in [2.24, 2.45) is 0 Å². The molecule has 0 fully saturated rings. The minimum atomic E-state index is 0.00407. The summed E-state index contributed by atoms with van der Waals surface area (Å²) >= 11 is 0. The Labute approximate surface area is 122 Å². The molecule has 1 heterocycles. The monoisotopic (exact) mass is 271 g/mol. The van der Waals surface area contributed by atoms with Crippen molar-refractivity contribution in [3.05, 3.63) is 41.6 Å². The third-order valence-electron chi connectivity index (χ3n) is 3.48. The highest BCUT2D eigenvalue weighted by Gasteiger charge is 2.18. The van der Waals surface area contributed by atoms with E-state index in [1.165, 1.54) is 16.7 Å². The van der Waals surface area contributed by atoms with E-state index in [4.69, 9.17) is 5.10 Å². The van der Waals surface area contributed by atoms with E-state index in [-0.39, 0.29) is 5.54 Å². The summed E-state index contributed by atoms with van der Waals surface area (Å²) in [6, 6.07) is 8.73. The molecule has 20 heavy (non-hydrogen) atoms. The summed E-state index contributed by atoms with van der Waals surface area (Å²) in [6.07, 6.45) is 3.22. The van der Waals surface area contributed by atoms with E-state index >= 15 is 0 Å². The Hall–Kier alpha value is -1.61. The van der Waals surface area contributed by atoms with Crippen LogP contribution in [0.5, 0.6) is 0 Å². The minimum absolute atomic E-state index is 0.00407. The molecule has 2 aromatic rings. The van der Waals surface area contributed by atoms with Crippen molar-refractivity contribution in [1.29, 1.82) is 0 Å². The SMILES string of the molecule is CCc1ccc(-c2nn(C(C)(C)C)cc2CNC)cc1. The number of rotatable bonds is 4. The molecule has 0 aliphatic carbocycles. The lowest BCUT2D eigenvalue weighted by Crippen LogP contribution is -2.22. The number of aromatic nitrogens is 2. The largest absolute Gasteiger partial charge is 0.316 e. The number of benzene rings is 1. The smallest absolute Gasteiger partial charge is 0.0968 e. The van der Waals surface area contributed by atoms with Gasteiger partial charge in [0.15, 0.2) is 0 Å². The standard InChI is InChI=1S/C17H25N3/c1-6-13-7-9-14(10-8-13)16-15(11-18-5)12-20(19-16)17(2,3)4/h7-10,12,18H,6,11H2,1-5H3. The third-order valence-corrected chi connectivity index (χ3v) is 3.48. The molecule has 0 atom stereocenters. The number of nitrogens with zero attached hydrogens (tertiary/aromatic N) is 2. The maximum atomic E-state index is 4.80. The number of hydrogen-bond acceptors (Lipinski definition) is 2. The van der Waals surface area contributed by atoms with Crippen molar-refractivity contribution >= 4 is 0 Å². The summed E-state index contributed by atoms with van der Waals surface area (Å²) in [6.45, 7) is 9.53. The van der Waals surface area contributed by atoms with Gasteiger partial charge in [-0.05, 0) is 39.8 Å². The molecule has 0 aliphatic heterocycles. The highest BCUT2D eigenvalue weighted by Crippen LogP contribution is 2.25. The molecule has 1 aromatic carbocycles. The van der Waals surface area contributed by atoms with E-state index in [1.807, 2.05) is 7.05 Å². The van der Waals surface area contributed by atoms with Crippen LogP contribution < -0.4 is 5.32 Å². The minimum Gasteiger partial charge on any atom is -0.316 e. The summed E-state index contributed by atoms with van der Waals surface area (Å²) in [5.74, 6) is 0. The lowest BCUT2D eigenvalue weighted by Gasteiger charge is -2.18. The molecule has 3 heteroatoms. The molecule has 0 aliphatic rings. The molecule has 0 amide bonds. The topological polar surface area (TPSA) is 29.9 Å². The molecule has 0 bridgehead atoms. The fraction of sp³-hybridized carbons (Fsp3) is 0.471. The molecule has 2 rings (SSSR count). The number of hydrogen-bond donors (Lipinski definition) is 1. The van der Waals surface area contributed by atoms with Crippen LogP contribution >= 0.6 is 0 Å². The van der Waals surface area contributed by atoms with Crippen molar-refractivity contribution in [3.63, 3.8) is 0 Å². The molecule has 0 saturated heterocycles. The van der Waals surface area contributed by atoms with Gasteiger partial charge in [-0.2, -0.15) is 5.10 Å². The van der Waals surface area contributed by atoms with Crippen LogP contribution in [0.25, 0.3) is 11.3 Å². The lowest BCUT2D eigenvalue weighted by molar-refractivity contribution is 0.356. The quantitative estimate of drug-likeness (QED) is 0.921. The highest BCUT2D eigenvalue weighted by atomic mass is 15.3. The van der Waals surface area contributed by atoms with Crippen LogP contribution in [0.2, 0.25) is 0 Å². The summed E-state index contributed by atoms with van der Waals surface area (Å²) < 4.78 is 2.06. The molecule has 3 nitrogen and oxygen atoms in total. The number of aryl methyl sites for hydroxylation is 1. The summed E-state index contributed by atoms with van der Waals surface area (Å²) in [5.41, 5.74) is 4.88. The van der Waals surface area contributed by atoms with Crippen LogP contribution in [0.4, 0.5) is 0 Å². The van der Waals surface area contributed by atoms with Gasteiger partial charge >= 0.3 is 0 Å². The van der Waals surface area contributed by atoms with Crippen molar-refractivity contribution < 1.29 is 0 Å². The van der Waals surface area contributed by atoms with Gasteiger partial charge in [0.2, 0.25) is 0 Å². The zero-order valence-corrected chi connectivity index (χ0v) is 13.2. The van der Waals surface area contributed by atoms with Gasteiger partial charge < -0.3 is 5.32 Å². The first-order chi connectivity index (χ1) is 9.45. The van der Waals surface area contributed by atoms with Crippen molar-refractivity contribution in [1.82, 2.24) is 15.1 Å². The zero-order chi connectivity index (χ0) is 14.8. The molecule has 0 unspecified atom stereocenters. The normalized spacial score (nSPS) is 11.8. The molecule has 0 radical (unpaired) electrons. The van der Waals surface area contributed by atoms with E-state index in [9.17, 15) is 0 Å². The molecular formula is C17H25N3. The van der Waals surface area contributed by atoms with E-state index in [0.717, 1.165) is 18.7 Å². The molecule has 0 spiro atoms. The van der Waals surface area contributed by atoms with Crippen LogP contribution in [0.3, 0.4) is 0 Å². The van der Waals surface area contributed by atoms with Crippen molar-refractivity contribution in [3.8, 4) is 11.3 Å². The van der Waals surface area contributed by atoms with Crippen LogP contribution in [0.15, 0.2) is 30.5 Å². The van der Waals surface area contributed by atoms with Crippen LogP contribution in [0, 0.1) is 0 Å². The Bertz CT molecular complexity index is 559. The second kappa shape index (κ2) is 5.80. The van der Waals surface area contributed by atoms with Gasteiger partial charge in [0.25, 0.3) is 0 Å². The van der Waals surface area contributed by atoms with E-state index in [2.05, 4.69) is 68.2 Å². The highest BCUT2D eigenvalue weighted by molar-refractivity contribution is 5.63. The van der Waals surface area contributed by atoms with Gasteiger partial charge in [-0.3, -0.25) is 4.68 Å². The van der Waals surface area contributed by atoms with E-state index < -0.39 is 0 Å². The Morgan fingerprint density at radius 1 is 1.15 bits per heavy atom. The number of nitrogens with one attached hydrogen (secondary N) is 1. The van der Waals surface area contributed by atoms with Crippen molar-refractivity contribution in [2.75, 3.05) is 7.05 Å². The second-order valence-corrected chi connectivity index (χ2v) is 6.20. The van der Waals surface area contributed by atoms with Crippen LogP contribution in [-0.4, -0.2) is 16.8 Å². The molecule has 1 aromatic heterocycles. The predicted molar refractivity (Wildman–Crippen MR) is 84.8 cm³/mol. The average molecular weight is 271 g/mol. The third kappa shape index (κ3) is 3.10. The molecule has 108 valence electrons. The zero-order valence-electron chi connectivity index (χ0n) is 13.2. The Morgan fingerprint density at radius 2 is 1.80 bits per heavy atom. The first kappa shape index (κ1) is 14.8. The maximum Gasteiger partial charge on any atom is 0.0968 e. The molecular weight excluding hydrogens is 246 g/mol. The van der Waals surface area contributed by atoms with Gasteiger partial charge in [0, 0.05) is 23.9 Å². The van der Waals surface area contributed by atoms with Crippen LogP contribution in [-0.2, 0) is 18.5 Å². The van der Waals surface area contributed by atoms with Gasteiger partial charge in [0.05, 0.1) is 11.2 Å². The Balaban J connectivity index is 2.44. The van der Waals surface area contributed by atoms with Crippen LogP contribution in [0.1, 0.15) is 38.8 Å². The van der Waals surface area contributed by atoms with Gasteiger partial charge in [-0.15, -0.1) is 0 Å². The van der Waals surface area contributed by atoms with Gasteiger partial charge in [0.1, 0.15) is 0 Å². The summed E-state index contributed by atoms with van der Waals surface area (Å²) in [4.78, 5) is 0. The first-order valence-corrected chi connectivity index (χ1v) is 7.28. The second-order valence-electron chi connectivity index (χ2n) is 6.20. The van der Waals surface area contributed by atoms with Gasteiger partial charge in [-0.25, -0.2) is 0 Å². The lowest BCUT2D eigenvalue weighted by atomic mass is 10.0. The van der Waals surface area contributed by atoms with Crippen molar-refractivity contribution in [2.45, 2.75) is 46.2 Å². The average Bonchev–Trinajstić information content (AvgIpc) is 2.83. The fourth-order valence-electron chi connectivity index (χ4n) is 2.21. The molecule has 1 N–H and O–H groups in total. The summed E-state index contributed by atoms with van der Waals surface area (Å²) in [7, 11) is 1.97. The predicted octanol–water partition coefficient (Wildman–Crippen LogP) is 3.59. The summed E-state index contributed by atoms with van der Waals surface area (Å²) in [5, 5.41) is 8.03. The first-order valence-electron chi connectivity index (χ1n) is 7.28. The fourth-order valence-corrected chi connectivity index (χ4v) is 2.21. The molecule has 0 saturated carbocycles.